The van der Waals surface area contributed by atoms with Gasteiger partial charge in [0.25, 0.3) is 5.91 Å². The summed E-state index contributed by atoms with van der Waals surface area (Å²) < 4.78 is 67.1. The number of esters is 1. The smallest absolute Gasteiger partial charge is 0.420 e. The average Bonchev–Trinajstić information content (AvgIpc) is 3.70. The number of aromatic nitrogens is 2. The van der Waals surface area contributed by atoms with Crippen LogP contribution < -0.4 is 0 Å². The van der Waals surface area contributed by atoms with Crippen molar-refractivity contribution in [2.75, 3.05) is 20.2 Å². The number of imidazole rings is 1. The molecule has 1 aliphatic rings. The van der Waals surface area contributed by atoms with Gasteiger partial charge in [-0.1, -0.05) is 12.1 Å². The Labute approximate surface area is 230 Å². The molecule has 5 rings (SSSR count). The van der Waals surface area contributed by atoms with Crippen molar-refractivity contribution in [1.29, 1.82) is 0 Å². The Bertz CT molecular complexity index is 1610. The summed E-state index contributed by atoms with van der Waals surface area (Å²) in [6.07, 6.45) is -1.55. The van der Waals surface area contributed by atoms with Crippen molar-refractivity contribution in [2.45, 2.75) is 30.9 Å². The molecule has 2 atom stereocenters. The number of aliphatic carboxylic acids is 1. The van der Waals surface area contributed by atoms with Gasteiger partial charge in [-0.25, -0.2) is 9.37 Å². The molecule has 1 fully saturated rings. The van der Waals surface area contributed by atoms with Gasteiger partial charge in [0.15, 0.2) is 5.69 Å². The Kier molecular flexibility index (Phi) is 7.28. The first-order valence-electron chi connectivity index (χ1n) is 12.5. The maximum atomic E-state index is 14.3. The van der Waals surface area contributed by atoms with E-state index in [9.17, 15) is 37.1 Å². The fourth-order valence-electron chi connectivity index (χ4n) is 5.16. The molecule has 1 aliphatic heterocycles. The van der Waals surface area contributed by atoms with Gasteiger partial charge in [0.1, 0.15) is 17.4 Å². The lowest BCUT2D eigenvalue weighted by Crippen LogP contribution is -2.31. The lowest BCUT2D eigenvalue weighted by molar-refractivity contribution is -0.147. The molecule has 13 heteroatoms. The summed E-state index contributed by atoms with van der Waals surface area (Å²) in [4.78, 5) is 43.9. The zero-order valence-corrected chi connectivity index (χ0v) is 21.5. The Morgan fingerprint density at radius 2 is 1.90 bits per heavy atom. The number of rotatable bonds is 7. The number of ether oxygens (including phenoxy) is 1. The molecule has 41 heavy (non-hydrogen) atoms. The molecule has 1 N–H and O–H groups in total. The predicted octanol–water partition coefficient (Wildman–Crippen LogP) is 5.11. The summed E-state index contributed by atoms with van der Waals surface area (Å²) in [5.74, 6) is -5.51. The molecule has 0 spiro atoms. The number of nitrogens with zero attached hydrogens (tertiary/aromatic N) is 3. The Morgan fingerprint density at radius 3 is 2.51 bits per heavy atom. The van der Waals surface area contributed by atoms with Crippen LogP contribution in [0.2, 0.25) is 0 Å². The van der Waals surface area contributed by atoms with Crippen LogP contribution in [0.1, 0.15) is 52.0 Å². The zero-order chi connectivity index (χ0) is 29.5. The number of furan rings is 1. The standard InChI is InChI=1S/C28H23F4N3O6/c1-40-27(39)20(11-22(36)37)24-23(26(38)34-8-6-16(12-34)15-2-4-19(29)5-3-15)33-25-21(28(30,31)32)10-18(13-35(24)25)17-7-9-41-14-17/h2-5,7,9-10,13-14,16,20H,6,8,11-12H2,1H3,(H,36,37). The molecule has 1 aromatic carbocycles. The van der Waals surface area contributed by atoms with Crippen LogP contribution in [0, 0.1) is 5.82 Å². The van der Waals surface area contributed by atoms with Crippen LogP contribution in [0.4, 0.5) is 17.6 Å². The number of hydrogen-bond acceptors (Lipinski definition) is 6. The highest BCUT2D eigenvalue weighted by molar-refractivity contribution is 5.97. The van der Waals surface area contributed by atoms with E-state index in [1.165, 1.54) is 41.8 Å². The van der Waals surface area contributed by atoms with E-state index in [0.29, 0.717) is 6.42 Å². The van der Waals surface area contributed by atoms with Crippen molar-refractivity contribution < 1.29 is 46.2 Å². The lowest BCUT2D eigenvalue weighted by Gasteiger charge is -2.19. The molecular weight excluding hydrogens is 550 g/mol. The minimum absolute atomic E-state index is 0.0349. The molecule has 0 aliphatic carbocycles. The van der Waals surface area contributed by atoms with Crippen LogP contribution in [0.25, 0.3) is 16.8 Å². The van der Waals surface area contributed by atoms with Gasteiger partial charge >= 0.3 is 18.1 Å². The van der Waals surface area contributed by atoms with E-state index < -0.39 is 59.1 Å². The number of hydrogen-bond donors (Lipinski definition) is 1. The highest BCUT2D eigenvalue weighted by Crippen LogP contribution is 2.39. The average molecular weight is 573 g/mol. The monoisotopic (exact) mass is 573 g/mol. The number of fused-ring (bicyclic) bond motifs is 1. The van der Waals surface area contributed by atoms with Crippen molar-refractivity contribution in [3.05, 3.63) is 83.5 Å². The second kappa shape index (κ2) is 10.7. The molecule has 1 amide bonds. The quantitative estimate of drug-likeness (QED) is 0.241. The first-order chi connectivity index (χ1) is 19.5. The number of alkyl halides is 3. The van der Waals surface area contributed by atoms with E-state index in [1.54, 1.807) is 12.1 Å². The largest absolute Gasteiger partial charge is 0.481 e. The van der Waals surface area contributed by atoms with E-state index in [0.717, 1.165) is 23.1 Å². The van der Waals surface area contributed by atoms with Crippen LogP contribution >= 0.6 is 0 Å². The maximum Gasteiger partial charge on any atom is 0.420 e. The minimum Gasteiger partial charge on any atom is -0.481 e. The van der Waals surface area contributed by atoms with Gasteiger partial charge < -0.3 is 23.6 Å². The van der Waals surface area contributed by atoms with Crippen molar-refractivity contribution in [3.63, 3.8) is 0 Å². The summed E-state index contributed by atoms with van der Waals surface area (Å²) in [7, 11) is 1.01. The summed E-state index contributed by atoms with van der Waals surface area (Å²) >= 11 is 0. The molecule has 4 aromatic rings. The van der Waals surface area contributed by atoms with Crippen LogP contribution in [0.15, 0.2) is 59.5 Å². The number of likely N-dealkylation sites (tertiary alicyclic amines) is 1. The number of carbonyl (C=O) groups excluding carboxylic acids is 2. The van der Waals surface area contributed by atoms with Gasteiger partial charge in [-0.2, -0.15) is 13.2 Å². The van der Waals surface area contributed by atoms with Crippen molar-refractivity contribution in [1.82, 2.24) is 14.3 Å². The third kappa shape index (κ3) is 5.39. The molecule has 0 radical (unpaired) electrons. The molecule has 214 valence electrons. The number of amides is 1. The van der Waals surface area contributed by atoms with E-state index in [2.05, 4.69) is 4.98 Å². The molecule has 9 nitrogen and oxygen atoms in total. The first kappa shape index (κ1) is 27.9. The predicted molar refractivity (Wildman–Crippen MR) is 135 cm³/mol. The summed E-state index contributed by atoms with van der Waals surface area (Å²) in [5.41, 5.74) is -1.60. The number of benzene rings is 1. The summed E-state index contributed by atoms with van der Waals surface area (Å²) in [5, 5.41) is 9.56. The molecule has 3 aromatic heterocycles. The van der Waals surface area contributed by atoms with Crippen molar-refractivity contribution in [3.8, 4) is 11.1 Å². The first-order valence-corrected chi connectivity index (χ1v) is 12.5. The number of methoxy groups -OCH3 is 1. The second-order valence-corrected chi connectivity index (χ2v) is 9.65. The zero-order valence-electron chi connectivity index (χ0n) is 21.5. The molecule has 2 unspecified atom stereocenters. The van der Waals surface area contributed by atoms with E-state index >= 15 is 0 Å². The van der Waals surface area contributed by atoms with Gasteiger partial charge in [-0.3, -0.25) is 14.4 Å². The fourth-order valence-corrected chi connectivity index (χ4v) is 5.16. The van der Waals surface area contributed by atoms with Gasteiger partial charge in [-0.05, 0) is 36.2 Å². The van der Waals surface area contributed by atoms with Crippen molar-refractivity contribution >= 4 is 23.5 Å². The van der Waals surface area contributed by atoms with Crippen LogP contribution in [-0.2, 0) is 20.5 Å². The summed E-state index contributed by atoms with van der Waals surface area (Å²) in [6.45, 7) is 0.369. The number of carboxylic acid groups (broad SMARTS) is 1. The van der Waals surface area contributed by atoms with Gasteiger partial charge in [-0.15, -0.1) is 0 Å². The molecule has 4 heterocycles. The highest BCUT2D eigenvalue weighted by Gasteiger charge is 2.41. The molecular formula is C28H23F4N3O6. The second-order valence-electron chi connectivity index (χ2n) is 9.65. The molecule has 1 saturated heterocycles. The van der Waals surface area contributed by atoms with E-state index in [1.807, 2.05) is 0 Å². The van der Waals surface area contributed by atoms with Crippen LogP contribution in [-0.4, -0.2) is 57.4 Å². The molecule has 0 bridgehead atoms. The van der Waals surface area contributed by atoms with Crippen molar-refractivity contribution in [2.24, 2.45) is 0 Å². The molecule has 0 saturated carbocycles. The van der Waals surface area contributed by atoms with Gasteiger partial charge in [0, 0.05) is 36.3 Å². The normalized spacial score (nSPS) is 16.2. The SMILES string of the molecule is COC(=O)C(CC(=O)O)c1c(C(=O)N2CCC(c3ccc(F)cc3)C2)nc2c(C(F)(F)F)cc(-c3ccoc3)cn12. The van der Waals surface area contributed by atoms with Gasteiger partial charge in [0.2, 0.25) is 0 Å². The third-order valence-electron chi connectivity index (χ3n) is 7.13. The number of halogens is 4. The van der Waals surface area contributed by atoms with Crippen LogP contribution in [0.5, 0.6) is 0 Å². The lowest BCUT2D eigenvalue weighted by atomic mass is 9.98. The summed E-state index contributed by atoms with van der Waals surface area (Å²) in [6, 6.07) is 8.05. The third-order valence-corrected chi connectivity index (χ3v) is 7.13. The van der Waals surface area contributed by atoms with E-state index in [4.69, 9.17) is 9.15 Å². The van der Waals surface area contributed by atoms with E-state index in [-0.39, 0.29) is 35.8 Å². The Hall–Kier alpha value is -4.68. The number of carbonyl (C=O) groups is 3. The fraction of sp³-hybridized carbons (Fsp3) is 0.286. The number of carboxylic acids is 1. The highest BCUT2D eigenvalue weighted by atomic mass is 19.4. The van der Waals surface area contributed by atoms with Crippen LogP contribution in [0.3, 0.4) is 0 Å². The Morgan fingerprint density at radius 1 is 1.17 bits per heavy atom. The Balaban J connectivity index is 1.68. The topological polar surface area (TPSA) is 114 Å². The number of pyridine rings is 1. The maximum absolute atomic E-state index is 14.3. The van der Waals surface area contributed by atoms with Gasteiger partial charge in [0.05, 0.1) is 37.3 Å². The minimum atomic E-state index is -4.92.